The molecule has 19 heavy (non-hydrogen) atoms. The maximum absolute atomic E-state index is 4.29. The SMILES string of the molecule is CCCCCCn1nnc2c(NC(C)C)ncnc21. The minimum Gasteiger partial charge on any atom is -0.366 e. The van der Waals surface area contributed by atoms with Crippen LogP contribution in [0.3, 0.4) is 0 Å². The van der Waals surface area contributed by atoms with Crippen molar-refractivity contribution >= 4 is 17.0 Å². The number of anilines is 1. The van der Waals surface area contributed by atoms with Crippen LogP contribution < -0.4 is 5.32 Å². The number of nitrogens with zero attached hydrogens (tertiary/aromatic N) is 5. The van der Waals surface area contributed by atoms with Crippen LogP contribution in [-0.4, -0.2) is 31.0 Å². The normalized spacial score (nSPS) is 11.4. The van der Waals surface area contributed by atoms with Crippen molar-refractivity contribution in [3.63, 3.8) is 0 Å². The summed E-state index contributed by atoms with van der Waals surface area (Å²) >= 11 is 0. The summed E-state index contributed by atoms with van der Waals surface area (Å²) in [5, 5.41) is 11.7. The van der Waals surface area contributed by atoms with Gasteiger partial charge in [-0.15, -0.1) is 5.10 Å². The van der Waals surface area contributed by atoms with Gasteiger partial charge >= 0.3 is 0 Å². The number of nitrogens with one attached hydrogen (secondary N) is 1. The zero-order chi connectivity index (χ0) is 13.7. The molecule has 0 bridgehead atoms. The third kappa shape index (κ3) is 3.39. The quantitative estimate of drug-likeness (QED) is 0.777. The molecule has 0 radical (unpaired) electrons. The lowest BCUT2D eigenvalue weighted by molar-refractivity contribution is 0.536. The Morgan fingerprint density at radius 3 is 2.79 bits per heavy atom. The second-order valence-electron chi connectivity index (χ2n) is 5.07. The van der Waals surface area contributed by atoms with Gasteiger partial charge in [-0.05, 0) is 20.3 Å². The number of aromatic nitrogens is 5. The maximum Gasteiger partial charge on any atom is 0.183 e. The van der Waals surface area contributed by atoms with Crippen LogP contribution in [0.1, 0.15) is 46.5 Å². The molecule has 0 unspecified atom stereocenters. The van der Waals surface area contributed by atoms with Crippen LogP contribution in [0.4, 0.5) is 5.82 Å². The Hall–Kier alpha value is -1.72. The van der Waals surface area contributed by atoms with Gasteiger partial charge in [-0.2, -0.15) is 0 Å². The van der Waals surface area contributed by atoms with Crippen LogP contribution in [-0.2, 0) is 6.54 Å². The van der Waals surface area contributed by atoms with Crippen LogP contribution in [0, 0.1) is 0 Å². The molecule has 2 aromatic heterocycles. The van der Waals surface area contributed by atoms with E-state index >= 15 is 0 Å². The summed E-state index contributed by atoms with van der Waals surface area (Å²) in [5.41, 5.74) is 1.57. The van der Waals surface area contributed by atoms with Crippen molar-refractivity contribution in [3.8, 4) is 0 Å². The predicted molar refractivity (Wildman–Crippen MR) is 76.0 cm³/mol. The molecule has 0 saturated heterocycles. The summed E-state index contributed by atoms with van der Waals surface area (Å²) in [4.78, 5) is 8.53. The summed E-state index contributed by atoms with van der Waals surface area (Å²) in [6.07, 6.45) is 6.41. The van der Waals surface area contributed by atoms with E-state index in [0.717, 1.165) is 29.9 Å². The Morgan fingerprint density at radius 2 is 2.05 bits per heavy atom. The van der Waals surface area contributed by atoms with E-state index in [1.165, 1.54) is 19.3 Å². The third-order valence-electron chi connectivity index (χ3n) is 2.95. The average molecular weight is 262 g/mol. The zero-order valence-electron chi connectivity index (χ0n) is 11.9. The number of fused-ring (bicyclic) bond motifs is 1. The number of aryl methyl sites for hydroxylation is 1. The van der Waals surface area contributed by atoms with Crippen molar-refractivity contribution < 1.29 is 0 Å². The molecular weight excluding hydrogens is 240 g/mol. The fraction of sp³-hybridized carbons (Fsp3) is 0.692. The number of unbranched alkanes of at least 4 members (excludes halogenated alkanes) is 3. The van der Waals surface area contributed by atoms with Crippen LogP contribution in [0.25, 0.3) is 11.2 Å². The van der Waals surface area contributed by atoms with Crippen molar-refractivity contribution in [3.05, 3.63) is 6.33 Å². The third-order valence-corrected chi connectivity index (χ3v) is 2.95. The van der Waals surface area contributed by atoms with Gasteiger partial charge in [0.15, 0.2) is 17.0 Å². The van der Waals surface area contributed by atoms with E-state index in [9.17, 15) is 0 Å². The smallest absolute Gasteiger partial charge is 0.183 e. The van der Waals surface area contributed by atoms with Gasteiger partial charge in [-0.3, -0.25) is 0 Å². The molecule has 2 heterocycles. The van der Waals surface area contributed by atoms with E-state index in [1.807, 2.05) is 4.68 Å². The number of hydrogen-bond donors (Lipinski definition) is 1. The summed E-state index contributed by atoms with van der Waals surface area (Å²) in [6, 6.07) is 0.313. The first-order valence-electron chi connectivity index (χ1n) is 7.03. The molecule has 1 N–H and O–H groups in total. The highest BCUT2D eigenvalue weighted by atomic mass is 15.4. The molecule has 0 amide bonds. The highest BCUT2D eigenvalue weighted by Gasteiger charge is 2.11. The number of hydrogen-bond acceptors (Lipinski definition) is 5. The Morgan fingerprint density at radius 1 is 1.21 bits per heavy atom. The van der Waals surface area contributed by atoms with Gasteiger partial charge in [0.2, 0.25) is 0 Å². The Labute approximate surface area is 113 Å². The minimum atomic E-state index is 0.313. The summed E-state index contributed by atoms with van der Waals surface area (Å²) in [6.45, 7) is 7.23. The zero-order valence-corrected chi connectivity index (χ0v) is 11.9. The van der Waals surface area contributed by atoms with Gasteiger partial charge in [-0.1, -0.05) is 31.4 Å². The monoisotopic (exact) mass is 262 g/mol. The van der Waals surface area contributed by atoms with Gasteiger partial charge in [0, 0.05) is 12.6 Å². The van der Waals surface area contributed by atoms with Crippen LogP contribution in [0.2, 0.25) is 0 Å². The lowest BCUT2D eigenvalue weighted by Gasteiger charge is -2.08. The van der Waals surface area contributed by atoms with Crippen LogP contribution in [0.15, 0.2) is 6.33 Å². The maximum atomic E-state index is 4.29. The van der Waals surface area contributed by atoms with E-state index in [4.69, 9.17) is 0 Å². The van der Waals surface area contributed by atoms with Gasteiger partial charge in [-0.25, -0.2) is 14.6 Å². The standard InChI is InChI=1S/C13H22N6/c1-4-5-6-7-8-19-13-11(17-18-19)12(14-9-15-13)16-10(2)3/h9-10H,4-8H2,1-3H3,(H,14,15,16). The van der Waals surface area contributed by atoms with Crippen molar-refractivity contribution in [2.24, 2.45) is 0 Å². The molecule has 0 aliphatic carbocycles. The molecule has 0 fully saturated rings. The van der Waals surface area contributed by atoms with Crippen molar-refractivity contribution in [2.75, 3.05) is 5.32 Å². The summed E-state index contributed by atoms with van der Waals surface area (Å²) in [7, 11) is 0. The molecular formula is C13H22N6. The summed E-state index contributed by atoms with van der Waals surface area (Å²) in [5.74, 6) is 0.764. The van der Waals surface area contributed by atoms with Gasteiger partial charge < -0.3 is 5.32 Å². The van der Waals surface area contributed by atoms with E-state index in [0.29, 0.717) is 6.04 Å². The Balaban J connectivity index is 2.14. The molecule has 2 aromatic rings. The van der Waals surface area contributed by atoms with Crippen molar-refractivity contribution in [1.29, 1.82) is 0 Å². The molecule has 0 spiro atoms. The summed E-state index contributed by atoms with van der Waals surface area (Å²) < 4.78 is 1.87. The fourth-order valence-electron chi connectivity index (χ4n) is 2.01. The first-order valence-corrected chi connectivity index (χ1v) is 7.03. The van der Waals surface area contributed by atoms with E-state index in [1.54, 1.807) is 6.33 Å². The van der Waals surface area contributed by atoms with Gasteiger partial charge in [0.1, 0.15) is 6.33 Å². The van der Waals surface area contributed by atoms with Crippen molar-refractivity contribution in [2.45, 2.75) is 59.0 Å². The van der Waals surface area contributed by atoms with Crippen molar-refractivity contribution in [1.82, 2.24) is 25.0 Å². The molecule has 0 saturated carbocycles. The molecule has 0 aliphatic heterocycles. The first kappa shape index (κ1) is 13.7. The average Bonchev–Trinajstić information content (AvgIpc) is 2.79. The van der Waals surface area contributed by atoms with Gasteiger partial charge in [0.25, 0.3) is 0 Å². The molecule has 104 valence electrons. The van der Waals surface area contributed by atoms with Crippen LogP contribution in [0.5, 0.6) is 0 Å². The topological polar surface area (TPSA) is 68.5 Å². The van der Waals surface area contributed by atoms with Crippen LogP contribution >= 0.6 is 0 Å². The first-order chi connectivity index (χ1) is 9.22. The Kier molecular flexibility index (Phi) is 4.65. The Bertz CT molecular complexity index is 519. The highest BCUT2D eigenvalue weighted by molar-refractivity contribution is 5.81. The lowest BCUT2D eigenvalue weighted by Crippen LogP contribution is -2.11. The molecule has 0 aromatic carbocycles. The largest absolute Gasteiger partial charge is 0.366 e. The van der Waals surface area contributed by atoms with E-state index in [2.05, 4.69) is 46.4 Å². The molecule has 6 nitrogen and oxygen atoms in total. The molecule has 2 rings (SSSR count). The second-order valence-corrected chi connectivity index (χ2v) is 5.07. The lowest BCUT2D eigenvalue weighted by atomic mass is 10.2. The molecule has 0 aliphatic rings. The van der Waals surface area contributed by atoms with E-state index < -0.39 is 0 Å². The minimum absolute atomic E-state index is 0.313. The number of rotatable bonds is 7. The molecule has 0 atom stereocenters. The molecule has 6 heteroatoms. The van der Waals surface area contributed by atoms with Gasteiger partial charge in [0.05, 0.1) is 0 Å². The predicted octanol–water partition coefficient (Wildman–Crippen LogP) is 2.62. The fourth-order valence-corrected chi connectivity index (χ4v) is 2.01. The second kappa shape index (κ2) is 6.45. The highest BCUT2D eigenvalue weighted by Crippen LogP contribution is 2.17. The van der Waals surface area contributed by atoms with E-state index in [-0.39, 0.29) is 0 Å².